The molecule has 1 atom stereocenters. The Kier molecular flexibility index (Phi) is 4.66. The van der Waals surface area contributed by atoms with Gasteiger partial charge in [0.1, 0.15) is 0 Å². The number of hydrogen-bond donors (Lipinski definition) is 1. The van der Waals surface area contributed by atoms with Crippen LogP contribution in [0.2, 0.25) is 0 Å². The molecule has 1 saturated carbocycles. The van der Waals surface area contributed by atoms with Crippen molar-refractivity contribution in [1.82, 2.24) is 5.32 Å². The van der Waals surface area contributed by atoms with Crippen molar-refractivity contribution in [1.29, 1.82) is 0 Å². The highest BCUT2D eigenvalue weighted by molar-refractivity contribution is 5.89. The van der Waals surface area contributed by atoms with Gasteiger partial charge in [-0.3, -0.25) is 9.59 Å². The lowest BCUT2D eigenvalue weighted by atomic mass is 9.96. The molecule has 2 rings (SSSR count). The lowest BCUT2D eigenvalue weighted by molar-refractivity contribution is -0.151. The molecule has 0 aromatic heterocycles. The van der Waals surface area contributed by atoms with Gasteiger partial charge < -0.3 is 10.1 Å². The summed E-state index contributed by atoms with van der Waals surface area (Å²) in [7, 11) is 0. The molecule has 1 aromatic carbocycles. The van der Waals surface area contributed by atoms with E-state index in [4.69, 9.17) is 4.74 Å². The van der Waals surface area contributed by atoms with Crippen molar-refractivity contribution in [3.8, 4) is 0 Å². The third-order valence-electron chi connectivity index (χ3n) is 4.19. The smallest absolute Gasteiger partial charge is 0.317 e. The fourth-order valence-corrected chi connectivity index (χ4v) is 2.22. The number of ether oxygens (including phenoxy) is 1. The summed E-state index contributed by atoms with van der Waals surface area (Å²) in [4.78, 5) is 24.0. The van der Waals surface area contributed by atoms with Gasteiger partial charge in [-0.1, -0.05) is 44.2 Å². The summed E-state index contributed by atoms with van der Waals surface area (Å²) < 4.78 is 5.22. The van der Waals surface area contributed by atoms with Gasteiger partial charge in [0, 0.05) is 6.04 Å². The van der Waals surface area contributed by atoms with Crippen LogP contribution in [0.15, 0.2) is 30.3 Å². The van der Waals surface area contributed by atoms with E-state index in [0.717, 1.165) is 18.4 Å². The molecule has 1 aliphatic carbocycles. The lowest BCUT2D eigenvalue weighted by Gasteiger charge is -2.18. The Morgan fingerprint density at radius 1 is 1.19 bits per heavy atom. The van der Waals surface area contributed by atoms with Crippen LogP contribution in [-0.4, -0.2) is 24.5 Å². The predicted octanol–water partition coefficient (Wildman–Crippen LogP) is 2.42. The van der Waals surface area contributed by atoms with Crippen molar-refractivity contribution in [3.05, 3.63) is 35.9 Å². The fourth-order valence-electron chi connectivity index (χ4n) is 2.22. The molecule has 0 heterocycles. The quantitative estimate of drug-likeness (QED) is 0.818. The number of amides is 1. The van der Waals surface area contributed by atoms with Gasteiger partial charge in [-0.15, -0.1) is 0 Å². The maximum absolute atomic E-state index is 12.2. The molecular formula is C17H23NO3. The Hall–Kier alpha value is -1.84. The second-order valence-electron chi connectivity index (χ2n) is 6.12. The molecule has 0 bridgehead atoms. The zero-order chi connectivity index (χ0) is 15.5. The van der Waals surface area contributed by atoms with Crippen LogP contribution in [0, 0.1) is 5.92 Å². The van der Waals surface area contributed by atoms with Gasteiger partial charge in [-0.05, 0) is 31.2 Å². The van der Waals surface area contributed by atoms with Crippen LogP contribution >= 0.6 is 0 Å². The lowest BCUT2D eigenvalue weighted by Crippen LogP contribution is -2.39. The molecule has 0 spiro atoms. The minimum absolute atomic E-state index is 0.0696. The molecule has 4 nitrogen and oxygen atoms in total. The van der Waals surface area contributed by atoms with Gasteiger partial charge in [0.25, 0.3) is 5.91 Å². The first-order valence-corrected chi connectivity index (χ1v) is 7.48. The van der Waals surface area contributed by atoms with E-state index in [1.165, 1.54) is 0 Å². The molecule has 0 saturated heterocycles. The van der Waals surface area contributed by atoms with Crippen molar-refractivity contribution in [2.75, 3.05) is 6.61 Å². The van der Waals surface area contributed by atoms with Crippen LogP contribution in [0.25, 0.3) is 0 Å². The van der Waals surface area contributed by atoms with Gasteiger partial charge in [0.2, 0.25) is 0 Å². The Labute approximate surface area is 125 Å². The second-order valence-corrected chi connectivity index (χ2v) is 6.12. The Balaban J connectivity index is 1.87. The van der Waals surface area contributed by atoms with E-state index in [1.54, 1.807) is 0 Å². The zero-order valence-corrected chi connectivity index (χ0v) is 12.9. The minimum Gasteiger partial charge on any atom is -0.455 e. The topological polar surface area (TPSA) is 55.4 Å². The number of nitrogens with one attached hydrogen (secondary N) is 1. The summed E-state index contributed by atoms with van der Waals surface area (Å²) in [5.41, 5.74) is 0.455. The third-order valence-corrected chi connectivity index (χ3v) is 4.19. The Morgan fingerprint density at radius 3 is 2.33 bits per heavy atom. The average Bonchev–Trinajstić information content (AvgIpc) is 3.27. The molecule has 0 aliphatic heterocycles. The van der Waals surface area contributed by atoms with Crippen molar-refractivity contribution >= 4 is 11.9 Å². The molecule has 0 radical (unpaired) electrons. The molecular weight excluding hydrogens is 266 g/mol. The predicted molar refractivity (Wildman–Crippen MR) is 80.8 cm³/mol. The number of esters is 1. The van der Waals surface area contributed by atoms with Crippen molar-refractivity contribution in [3.63, 3.8) is 0 Å². The first-order valence-electron chi connectivity index (χ1n) is 7.48. The van der Waals surface area contributed by atoms with Gasteiger partial charge in [0.15, 0.2) is 6.61 Å². The highest BCUT2D eigenvalue weighted by Crippen LogP contribution is 2.49. The minimum atomic E-state index is -0.523. The zero-order valence-electron chi connectivity index (χ0n) is 12.9. The molecule has 1 aromatic rings. The van der Waals surface area contributed by atoms with E-state index < -0.39 is 5.41 Å². The molecule has 0 unspecified atom stereocenters. The Bertz CT molecular complexity index is 506. The maximum atomic E-state index is 12.2. The van der Waals surface area contributed by atoms with E-state index in [0.29, 0.717) is 5.92 Å². The summed E-state index contributed by atoms with van der Waals surface area (Å²) in [6.07, 6.45) is 1.58. The van der Waals surface area contributed by atoms with Crippen LogP contribution in [0.4, 0.5) is 0 Å². The Morgan fingerprint density at radius 2 is 1.81 bits per heavy atom. The van der Waals surface area contributed by atoms with Gasteiger partial charge in [0.05, 0.1) is 5.41 Å². The summed E-state index contributed by atoms with van der Waals surface area (Å²) in [5.74, 6) is -0.182. The van der Waals surface area contributed by atoms with Gasteiger partial charge in [-0.2, -0.15) is 0 Å². The molecule has 1 aliphatic rings. The van der Waals surface area contributed by atoms with E-state index in [1.807, 2.05) is 51.1 Å². The van der Waals surface area contributed by atoms with E-state index in [-0.39, 0.29) is 24.5 Å². The van der Waals surface area contributed by atoms with Gasteiger partial charge >= 0.3 is 5.97 Å². The number of rotatable bonds is 6. The highest BCUT2D eigenvalue weighted by Gasteiger charge is 2.52. The SMILES string of the molecule is CC(C)[C@@H](C)NC(=O)COC(=O)C1(c2ccccc2)CC1. The monoisotopic (exact) mass is 289 g/mol. The first kappa shape index (κ1) is 15.5. The van der Waals surface area contributed by atoms with Crippen LogP contribution in [0.3, 0.4) is 0 Å². The maximum Gasteiger partial charge on any atom is 0.317 e. The first-order chi connectivity index (χ1) is 9.95. The van der Waals surface area contributed by atoms with Crippen LogP contribution in [-0.2, 0) is 19.7 Å². The largest absolute Gasteiger partial charge is 0.455 e. The van der Waals surface area contributed by atoms with E-state index in [9.17, 15) is 9.59 Å². The van der Waals surface area contributed by atoms with Crippen molar-refractivity contribution in [2.24, 2.45) is 5.92 Å². The van der Waals surface area contributed by atoms with E-state index in [2.05, 4.69) is 5.32 Å². The summed E-state index contributed by atoms with van der Waals surface area (Å²) >= 11 is 0. The van der Waals surface area contributed by atoms with Crippen molar-refractivity contribution in [2.45, 2.75) is 45.1 Å². The molecule has 21 heavy (non-hydrogen) atoms. The second kappa shape index (κ2) is 6.29. The van der Waals surface area contributed by atoms with E-state index >= 15 is 0 Å². The molecule has 114 valence electrons. The standard InChI is InChI=1S/C17H23NO3/c1-12(2)13(3)18-15(19)11-21-16(20)17(9-10-17)14-7-5-4-6-8-14/h4-8,12-13H,9-11H2,1-3H3,(H,18,19)/t13-/m1/s1. The number of carbonyl (C=O) groups is 2. The molecule has 1 fully saturated rings. The number of carbonyl (C=O) groups excluding carboxylic acids is 2. The third kappa shape index (κ3) is 3.63. The molecule has 4 heteroatoms. The number of benzene rings is 1. The van der Waals surface area contributed by atoms with Crippen LogP contribution in [0.5, 0.6) is 0 Å². The van der Waals surface area contributed by atoms with Crippen LogP contribution in [0.1, 0.15) is 39.2 Å². The summed E-state index contributed by atoms with van der Waals surface area (Å²) in [6, 6.07) is 9.70. The highest BCUT2D eigenvalue weighted by atomic mass is 16.5. The number of hydrogen-bond acceptors (Lipinski definition) is 3. The summed E-state index contributed by atoms with van der Waals surface area (Å²) in [6.45, 7) is 5.80. The molecule has 1 amide bonds. The fraction of sp³-hybridized carbons (Fsp3) is 0.529. The van der Waals surface area contributed by atoms with Crippen LogP contribution < -0.4 is 5.32 Å². The summed E-state index contributed by atoms with van der Waals surface area (Å²) in [5, 5.41) is 2.83. The normalized spacial score (nSPS) is 17.1. The molecule has 1 N–H and O–H groups in total. The van der Waals surface area contributed by atoms with Crippen molar-refractivity contribution < 1.29 is 14.3 Å². The average molecular weight is 289 g/mol. The van der Waals surface area contributed by atoms with Gasteiger partial charge in [-0.25, -0.2) is 0 Å².